The summed E-state index contributed by atoms with van der Waals surface area (Å²) in [7, 11) is 0. The molecule has 0 unspecified atom stereocenters. The topological polar surface area (TPSA) is 0 Å². The Bertz CT molecular complexity index is 194. The van der Waals surface area contributed by atoms with E-state index in [0.717, 1.165) is 0 Å². The zero-order valence-electron chi connectivity index (χ0n) is 4.92. The Morgan fingerprint density at radius 2 is 1.70 bits per heavy atom. The summed E-state index contributed by atoms with van der Waals surface area (Å²) in [6.07, 6.45) is 2.00. The van der Waals surface area contributed by atoms with Crippen LogP contribution in [-0.2, 0) is 0 Å². The van der Waals surface area contributed by atoms with Gasteiger partial charge in [0, 0.05) is 0 Å². The summed E-state index contributed by atoms with van der Waals surface area (Å²) < 4.78 is 0. The Morgan fingerprint density at radius 1 is 1.10 bits per heavy atom. The minimum Gasteiger partial charge on any atom is -0.0622 e. The van der Waals surface area contributed by atoms with Crippen LogP contribution in [-0.4, -0.2) is 23.1 Å². The quantitative estimate of drug-likeness (QED) is 0.622. The molecular formula is C8H9BrMg. The summed E-state index contributed by atoms with van der Waals surface area (Å²) in [5, 5.41) is 0. The van der Waals surface area contributed by atoms with E-state index in [9.17, 15) is 0 Å². The second kappa shape index (κ2) is 5.95. The third-order valence-corrected chi connectivity index (χ3v) is 1.32. The highest BCUT2D eigenvalue weighted by Gasteiger charge is 1.78. The van der Waals surface area contributed by atoms with Crippen molar-refractivity contribution in [2.75, 3.05) is 0 Å². The van der Waals surface area contributed by atoms with Crippen molar-refractivity contribution in [3.8, 4) is 0 Å². The van der Waals surface area contributed by atoms with Crippen molar-refractivity contribution >= 4 is 45.1 Å². The van der Waals surface area contributed by atoms with Crippen molar-refractivity contribution < 1.29 is 0 Å². The van der Waals surface area contributed by atoms with Crippen LogP contribution in [0.15, 0.2) is 35.3 Å². The molecule has 0 saturated carbocycles. The Morgan fingerprint density at radius 3 is 2.20 bits per heavy atom. The molecule has 0 fully saturated rings. The minimum absolute atomic E-state index is 0. The van der Waals surface area contributed by atoms with E-state index in [0.29, 0.717) is 0 Å². The maximum Gasteiger partial charge on any atom is 0.316 e. The van der Waals surface area contributed by atoms with Crippen molar-refractivity contribution in [3.63, 3.8) is 0 Å². The van der Waals surface area contributed by atoms with E-state index in [-0.39, 0.29) is 23.1 Å². The van der Waals surface area contributed by atoms with Gasteiger partial charge < -0.3 is 0 Å². The average Bonchev–Trinajstić information content (AvgIpc) is 1.91. The molecule has 0 heterocycles. The van der Waals surface area contributed by atoms with Crippen LogP contribution in [0.25, 0.3) is 6.08 Å². The molecule has 0 nitrogen and oxygen atoms in total. The summed E-state index contributed by atoms with van der Waals surface area (Å²) >= 11 is 3.21. The Kier molecular flexibility index (Phi) is 6.07. The Labute approximate surface area is 85.6 Å². The summed E-state index contributed by atoms with van der Waals surface area (Å²) in [5.41, 5.74) is 1.22. The summed E-state index contributed by atoms with van der Waals surface area (Å²) in [4.78, 5) is 1.85. The first-order valence-corrected chi connectivity index (χ1v) is 3.67. The van der Waals surface area contributed by atoms with Crippen LogP contribution in [0.2, 0.25) is 0 Å². The van der Waals surface area contributed by atoms with Gasteiger partial charge in [0.05, 0.1) is 0 Å². The first-order chi connectivity index (χ1) is 4.43. The second-order valence-electron chi connectivity index (χ2n) is 1.70. The van der Waals surface area contributed by atoms with Gasteiger partial charge in [0.25, 0.3) is 0 Å². The highest BCUT2D eigenvalue weighted by molar-refractivity contribution is 9.11. The van der Waals surface area contributed by atoms with Crippen LogP contribution < -0.4 is 0 Å². The van der Waals surface area contributed by atoms with Gasteiger partial charge in [-0.05, 0) is 16.6 Å². The summed E-state index contributed by atoms with van der Waals surface area (Å²) in [6.45, 7) is 0. The third-order valence-electron chi connectivity index (χ3n) is 1.06. The summed E-state index contributed by atoms with van der Waals surface area (Å²) in [6, 6.07) is 10.1. The van der Waals surface area contributed by atoms with E-state index < -0.39 is 0 Å². The maximum atomic E-state index is 3.21. The molecule has 0 N–H and O–H groups in total. The van der Waals surface area contributed by atoms with Crippen molar-refractivity contribution in [2.45, 2.75) is 0 Å². The molecular weight excluding hydrogens is 200 g/mol. The molecule has 0 spiro atoms. The predicted molar refractivity (Wildman–Crippen MR) is 52.9 cm³/mol. The first kappa shape index (κ1) is 10.2. The fourth-order valence-electron chi connectivity index (χ4n) is 0.637. The molecule has 10 heavy (non-hydrogen) atoms. The molecule has 0 atom stereocenters. The standard InChI is InChI=1S/C8H7Br.Mg.2H/c9-7-6-8-4-2-1-3-5-8;;;/h1-7H;;;/b7-6+;;;. The van der Waals surface area contributed by atoms with Gasteiger partial charge >= 0.3 is 23.1 Å². The number of rotatable bonds is 1. The number of hydrogen-bond acceptors (Lipinski definition) is 0. The van der Waals surface area contributed by atoms with E-state index >= 15 is 0 Å². The Hall–Kier alpha value is 0.206. The number of halogens is 1. The molecule has 0 aromatic heterocycles. The molecule has 0 aliphatic rings. The van der Waals surface area contributed by atoms with E-state index in [2.05, 4.69) is 28.1 Å². The lowest BCUT2D eigenvalue weighted by molar-refractivity contribution is 1.67. The molecule has 0 bridgehead atoms. The van der Waals surface area contributed by atoms with E-state index in [1.54, 1.807) is 0 Å². The molecule has 0 saturated heterocycles. The molecule has 0 amide bonds. The van der Waals surface area contributed by atoms with Gasteiger partial charge in [0.15, 0.2) is 0 Å². The van der Waals surface area contributed by atoms with Crippen LogP contribution in [0.5, 0.6) is 0 Å². The normalized spacial score (nSPS) is 9.30. The summed E-state index contributed by atoms with van der Waals surface area (Å²) in [5.74, 6) is 0. The highest BCUT2D eigenvalue weighted by atomic mass is 79.9. The highest BCUT2D eigenvalue weighted by Crippen LogP contribution is 2.01. The Balaban J connectivity index is 0.000000810. The van der Waals surface area contributed by atoms with Gasteiger partial charge in [-0.3, -0.25) is 0 Å². The number of hydrogen-bond donors (Lipinski definition) is 0. The zero-order valence-corrected chi connectivity index (χ0v) is 6.51. The molecule has 0 radical (unpaired) electrons. The lowest BCUT2D eigenvalue weighted by atomic mass is 10.2. The average molecular weight is 209 g/mol. The lowest BCUT2D eigenvalue weighted by Gasteiger charge is -1.86. The van der Waals surface area contributed by atoms with Crippen molar-refractivity contribution in [1.82, 2.24) is 0 Å². The van der Waals surface area contributed by atoms with Crippen molar-refractivity contribution in [1.29, 1.82) is 0 Å². The number of benzene rings is 1. The minimum atomic E-state index is 0. The van der Waals surface area contributed by atoms with Gasteiger partial charge in [-0.15, -0.1) is 0 Å². The molecule has 1 rings (SSSR count). The van der Waals surface area contributed by atoms with Crippen LogP contribution in [0.3, 0.4) is 0 Å². The largest absolute Gasteiger partial charge is 0.316 e. The monoisotopic (exact) mass is 208 g/mol. The van der Waals surface area contributed by atoms with Crippen LogP contribution in [0.4, 0.5) is 0 Å². The third kappa shape index (κ3) is 3.39. The van der Waals surface area contributed by atoms with E-state index in [1.165, 1.54) is 5.56 Å². The SMILES string of the molecule is Br/C=C/c1ccccc1.[MgH2]. The maximum absolute atomic E-state index is 3.21. The van der Waals surface area contributed by atoms with Crippen LogP contribution in [0, 0.1) is 0 Å². The van der Waals surface area contributed by atoms with Crippen LogP contribution >= 0.6 is 15.9 Å². The smallest absolute Gasteiger partial charge is 0.0622 e. The molecule has 2 heteroatoms. The van der Waals surface area contributed by atoms with Crippen LogP contribution in [0.1, 0.15) is 5.56 Å². The van der Waals surface area contributed by atoms with Gasteiger partial charge in [0.1, 0.15) is 0 Å². The van der Waals surface area contributed by atoms with Gasteiger partial charge in [-0.2, -0.15) is 0 Å². The fraction of sp³-hybridized carbons (Fsp3) is 0. The van der Waals surface area contributed by atoms with Crippen molar-refractivity contribution in [2.24, 2.45) is 0 Å². The zero-order chi connectivity index (χ0) is 6.53. The molecule has 1 aromatic rings. The second-order valence-corrected chi connectivity index (χ2v) is 2.23. The van der Waals surface area contributed by atoms with E-state index in [1.807, 2.05) is 29.3 Å². The van der Waals surface area contributed by atoms with Gasteiger partial charge in [0.2, 0.25) is 0 Å². The van der Waals surface area contributed by atoms with E-state index in [4.69, 9.17) is 0 Å². The van der Waals surface area contributed by atoms with Crippen molar-refractivity contribution in [3.05, 3.63) is 40.9 Å². The molecule has 50 valence electrons. The molecule has 0 aliphatic carbocycles. The lowest BCUT2D eigenvalue weighted by Crippen LogP contribution is -1.64. The first-order valence-electron chi connectivity index (χ1n) is 2.75. The molecule has 0 aliphatic heterocycles. The predicted octanol–water partition coefficient (Wildman–Crippen LogP) is 2.14. The fourth-order valence-corrected chi connectivity index (χ4v) is 0.942. The van der Waals surface area contributed by atoms with Gasteiger partial charge in [-0.25, -0.2) is 0 Å². The van der Waals surface area contributed by atoms with Gasteiger partial charge in [-0.1, -0.05) is 46.3 Å². The molecule has 1 aromatic carbocycles.